The van der Waals surface area contributed by atoms with E-state index in [0.717, 1.165) is 13.2 Å². The van der Waals surface area contributed by atoms with Crippen molar-refractivity contribution in [1.82, 2.24) is 0 Å². The summed E-state index contributed by atoms with van der Waals surface area (Å²) in [7, 11) is 1.01. The molecular formula is C12H10F3NO2. The SMILES string of the molecule is CCc1c(C#N)ccc(C(=O)OC)c1C(F)(F)F. The van der Waals surface area contributed by atoms with E-state index in [0.29, 0.717) is 0 Å². The molecule has 0 aliphatic carbocycles. The van der Waals surface area contributed by atoms with Gasteiger partial charge in [0.2, 0.25) is 0 Å². The van der Waals surface area contributed by atoms with Crippen LogP contribution in [0.5, 0.6) is 0 Å². The molecule has 0 saturated heterocycles. The highest BCUT2D eigenvalue weighted by Crippen LogP contribution is 2.36. The second-order valence-electron chi connectivity index (χ2n) is 3.47. The zero-order valence-corrected chi connectivity index (χ0v) is 9.76. The monoisotopic (exact) mass is 257 g/mol. The topological polar surface area (TPSA) is 50.1 Å². The van der Waals surface area contributed by atoms with E-state index in [9.17, 15) is 18.0 Å². The Labute approximate surface area is 102 Å². The molecule has 1 aromatic carbocycles. The van der Waals surface area contributed by atoms with Gasteiger partial charge in [-0.05, 0) is 24.1 Å². The van der Waals surface area contributed by atoms with Crippen molar-refractivity contribution < 1.29 is 22.7 Å². The first-order chi connectivity index (χ1) is 8.36. The molecular weight excluding hydrogens is 247 g/mol. The second kappa shape index (κ2) is 5.08. The maximum atomic E-state index is 13.0. The first kappa shape index (κ1) is 14.0. The van der Waals surface area contributed by atoms with Crippen LogP contribution >= 0.6 is 0 Å². The lowest BCUT2D eigenvalue weighted by Crippen LogP contribution is -2.18. The highest BCUT2D eigenvalue weighted by molar-refractivity contribution is 5.92. The lowest BCUT2D eigenvalue weighted by Gasteiger charge is -2.16. The highest BCUT2D eigenvalue weighted by Gasteiger charge is 2.38. The Kier molecular flexibility index (Phi) is 3.96. The zero-order chi connectivity index (χ0) is 13.9. The van der Waals surface area contributed by atoms with E-state index in [2.05, 4.69) is 4.74 Å². The van der Waals surface area contributed by atoms with Crippen LogP contribution in [0.4, 0.5) is 13.2 Å². The minimum absolute atomic E-state index is 0.00255. The summed E-state index contributed by atoms with van der Waals surface area (Å²) in [5.74, 6) is -1.07. The molecule has 0 aromatic heterocycles. The molecule has 0 bridgehead atoms. The van der Waals surface area contributed by atoms with Crippen LogP contribution in [0.2, 0.25) is 0 Å². The third kappa shape index (κ3) is 2.45. The van der Waals surface area contributed by atoms with Gasteiger partial charge in [0, 0.05) is 0 Å². The number of alkyl halides is 3. The molecule has 0 saturated carbocycles. The third-order valence-electron chi connectivity index (χ3n) is 2.48. The van der Waals surface area contributed by atoms with Gasteiger partial charge in [-0.1, -0.05) is 6.92 Å². The number of benzene rings is 1. The van der Waals surface area contributed by atoms with Crippen LogP contribution in [0.25, 0.3) is 0 Å². The van der Waals surface area contributed by atoms with Crippen LogP contribution in [0.1, 0.15) is 34.0 Å². The molecule has 0 aliphatic heterocycles. The van der Waals surface area contributed by atoms with Crippen molar-refractivity contribution in [3.63, 3.8) is 0 Å². The van der Waals surface area contributed by atoms with Crippen molar-refractivity contribution in [2.45, 2.75) is 19.5 Å². The summed E-state index contributed by atoms with van der Waals surface area (Å²) in [4.78, 5) is 11.3. The molecule has 0 spiro atoms. The molecule has 0 atom stereocenters. The number of rotatable bonds is 2. The van der Waals surface area contributed by atoms with Crippen molar-refractivity contribution in [3.8, 4) is 6.07 Å². The summed E-state index contributed by atoms with van der Waals surface area (Å²) in [5.41, 5.74) is -1.93. The number of hydrogen-bond acceptors (Lipinski definition) is 3. The number of carbonyl (C=O) groups excluding carboxylic acids is 1. The predicted molar refractivity (Wildman–Crippen MR) is 56.9 cm³/mol. The van der Waals surface area contributed by atoms with Crippen molar-refractivity contribution in [2.24, 2.45) is 0 Å². The summed E-state index contributed by atoms with van der Waals surface area (Å²) in [6.07, 6.45) is -4.70. The smallest absolute Gasteiger partial charge is 0.417 e. The summed E-state index contributed by atoms with van der Waals surface area (Å²) in [6.45, 7) is 1.49. The number of carbonyl (C=O) groups is 1. The summed E-state index contributed by atoms with van der Waals surface area (Å²) in [6, 6.07) is 3.85. The number of esters is 1. The second-order valence-corrected chi connectivity index (χ2v) is 3.47. The van der Waals surface area contributed by atoms with Crippen molar-refractivity contribution in [3.05, 3.63) is 34.4 Å². The fraction of sp³-hybridized carbons (Fsp3) is 0.333. The first-order valence-electron chi connectivity index (χ1n) is 5.08. The molecule has 0 aliphatic rings. The summed E-state index contributed by atoms with van der Waals surface area (Å²) >= 11 is 0. The third-order valence-corrected chi connectivity index (χ3v) is 2.48. The Morgan fingerprint density at radius 2 is 2.06 bits per heavy atom. The number of halogens is 3. The molecule has 1 rings (SSSR count). The number of methoxy groups -OCH3 is 1. The molecule has 1 aromatic rings. The van der Waals surface area contributed by atoms with Crippen LogP contribution < -0.4 is 0 Å². The maximum Gasteiger partial charge on any atom is 0.417 e. The van der Waals surface area contributed by atoms with E-state index in [-0.39, 0.29) is 17.5 Å². The highest BCUT2D eigenvalue weighted by atomic mass is 19.4. The molecule has 0 unspecified atom stereocenters. The Hall–Kier alpha value is -2.03. The van der Waals surface area contributed by atoms with Gasteiger partial charge >= 0.3 is 12.1 Å². The number of hydrogen-bond donors (Lipinski definition) is 0. The fourth-order valence-corrected chi connectivity index (χ4v) is 1.72. The van der Waals surface area contributed by atoms with Gasteiger partial charge in [-0.3, -0.25) is 0 Å². The van der Waals surface area contributed by atoms with Gasteiger partial charge in [-0.25, -0.2) is 4.79 Å². The lowest BCUT2D eigenvalue weighted by molar-refractivity contribution is -0.138. The molecule has 3 nitrogen and oxygen atoms in total. The normalized spacial score (nSPS) is 10.9. The molecule has 0 heterocycles. The molecule has 0 amide bonds. The Balaban J connectivity index is 3.67. The summed E-state index contributed by atoms with van der Waals surface area (Å²) in [5, 5.41) is 8.79. The average Bonchev–Trinajstić information content (AvgIpc) is 2.34. The van der Waals surface area contributed by atoms with Crippen molar-refractivity contribution in [2.75, 3.05) is 7.11 Å². The number of nitriles is 1. The van der Waals surface area contributed by atoms with Gasteiger partial charge in [0.05, 0.1) is 29.9 Å². The van der Waals surface area contributed by atoms with Gasteiger partial charge in [0.1, 0.15) is 0 Å². The standard InChI is InChI=1S/C12H10F3NO2/c1-3-8-7(6-16)4-5-9(11(17)18-2)10(8)12(13,14)15/h4-5H,3H2,1-2H3. The van der Waals surface area contributed by atoms with Crippen LogP contribution in [0, 0.1) is 11.3 Å². The van der Waals surface area contributed by atoms with Crippen LogP contribution in [0.15, 0.2) is 12.1 Å². The van der Waals surface area contributed by atoms with Crippen LogP contribution in [0.3, 0.4) is 0 Å². The Morgan fingerprint density at radius 3 is 2.44 bits per heavy atom. The van der Waals surface area contributed by atoms with E-state index in [1.54, 1.807) is 6.07 Å². The van der Waals surface area contributed by atoms with Crippen molar-refractivity contribution in [1.29, 1.82) is 5.26 Å². The Morgan fingerprint density at radius 1 is 1.44 bits per heavy atom. The van der Waals surface area contributed by atoms with Gasteiger partial charge in [-0.2, -0.15) is 18.4 Å². The largest absolute Gasteiger partial charge is 0.465 e. The summed E-state index contributed by atoms with van der Waals surface area (Å²) < 4.78 is 43.3. The molecule has 6 heteroatoms. The van der Waals surface area contributed by atoms with Gasteiger partial charge in [0.15, 0.2) is 0 Å². The van der Waals surface area contributed by atoms with Crippen LogP contribution in [-0.2, 0) is 17.3 Å². The van der Waals surface area contributed by atoms with E-state index < -0.39 is 23.3 Å². The van der Waals surface area contributed by atoms with Gasteiger partial charge < -0.3 is 4.74 Å². The van der Waals surface area contributed by atoms with E-state index in [1.165, 1.54) is 13.0 Å². The molecule has 18 heavy (non-hydrogen) atoms. The van der Waals surface area contributed by atoms with E-state index in [1.807, 2.05) is 0 Å². The minimum Gasteiger partial charge on any atom is -0.465 e. The van der Waals surface area contributed by atoms with E-state index in [4.69, 9.17) is 5.26 Å². The van der Waals surface area contributed by atoms with Crippen LogP contribution in [-0.4, -0.2) is 13.1 Å². The Bertz CT molecular complexity index is 515. The van der Waals surface area contributed by atoms with Crippen molar-refractivity contribution >= 4 is 5.97 Å². The molecule has 0 N–H and O–H groups in total. The maximum absolute atomic E-state index is 13.0. The van der Waals surface area contributed by atoms with Gasteiger partial charge in [-0.15, -0.1) is 0 Å². The lowest BCUT2D eigenvalue weighted by atomic mass is 9.94. The quantitative estimate of drug-likeness (QED) is 0.765. The first-order valence-corrected chi connectivity index (χ1v) is 5.08. The minimum atomic E-state index is -4.71. The fourth-order valence-electron chi connectivity index (χ4n) is 1.72. The van der Waals surface area contributed by atoms with E-state index >= 15 is 0 Å². The zero-order valence-electron chi connectivity index (χ0n) is 9.76. The molecule has 96 valence electrons. The molecule has 0 radical (unpaired) electrons. The average molecular weight is 257 g/mol. The number of ether oxygens (including phenoxy) is 1. The van der Waals surface area contributed by atoms with Gasteiger partial charge in [0.25, 0.3) is 0 Å². The predicted octanol–water partition coefficient (Wildman–Crippen LogP) is 2.93. The molecule has 0 fully saturated rings. The number of nitrogens with zero attached hydrogens (tertiary/aromatic N) is 1.